The van der Waals surface area contributed by atoms with Crippen LogP contribution in [0.3, 0.4) is 0 Å². The number of rotatable bonds is 4. The molecule has 0 amide bonds. The van der Waals surface area contributed by atoms with E-state index in [1.165, 1.54) is 6.26 Å². The molecule has 0 atom stereocenters. The number of benzene rings is 1. The molecule has 0 saturated heterocycles. The molecule has 0 saturated carbocycles. The van der Waals surface area contributed by atoms with Crippen molar-refractivity contribution in [2.75, 3.05) is 12.0 Å². The third kappa shape index (κ3) is 2.98. The van der Waals surface area contributed by atoms with Crippen molar-refractivity contribution in [1.82, 2.24) is 9.55 Å². The normalized spacial score (nSPS) is 11.7. The Kier molecular flexibility index (Phi) is 3.52. The lowest BCUT2D eigenvalue weighted by Crippen LogP contribution is -2.11. The molecule has 0 aliphatic heterocycles. The number of aromatic nitrogens is 2. The Morgan fingerprint density at radius 1 is 1.28 bits per heavy atom. The summed E-state index contributed by atoms with van der Waals surface area (Å²) in [6.45, 7) is 2.45. The lowest BCUT2D eigenvalue weighted by molar-refractivity contribution is 0.595. The van der Waals surface area contributed by atoms with Crippen LogP contribution in [0.2, 0.25) is 0 Å². The molecule has 1 heterocycles. The maximum atomic E-state index is 11.2. The Labute approximate surface area is 107 Å². The lowest BCUT2D eigenvalue weighted by Gasteiger charge is -2.09. The number of aryl methyl sites for hydroxylation is 2. The molecule has 18 heavy (non-hydrogen) atoms. The Hall–Kier alpha value is -1.62. The summed E-state index contributed by atoms with van der Waals surface area (Å²) in [6.07, 6.45) is 4.76. The summed E-state index contributed by atoms with van der Waals surface area (Å²) in [4.78, 5) is 4.32. The molecule has 4 nitrogen and oxygen atoms in total. The maximum Gasteiger partial charge on any atom is 0.149 e. The van der Waals surface area contributed by atoms with Gasteiger partial charge in [-0.1, -0.05) is 24.3 Å². The standard InChI is InChI=1S/C13H16N2O2S/c1-11-5-3-4-6-12(11)13-14-7-8-15(13)9-10-18(2,16)17/h3-8H,9-10H2,1-2H3. The first-order chi connectivity index (χ1) is 8.47. The second-order valence-electron chi connectivity index (χ2n) is 4.39. The van der Waals surface area contributed by atoms with Crippen molar-refractivity contribution in [1.29, 1.82) is 0 Å². The highest BCUT2D eigenvalue weighted by molar-refractivity contribution is 7.90. The van der Waals surface area contributed by atoms with E-state index in [1.807, 2.05) is 42.0 Å². The van der Waals surface area contributed by atoms with Crippen LogP contribution in [0.5, 0.6) is 0 Å². The predicted octanol–water partition coefficient (Wildman–Crippen LogP) is 1.90. The predicted molar refractivity (Wildman–Crippen MR) is 72.1 cm³/mol. The van der Waals surface area contributed by atoms with Crippen molar-refractivity contribution in [3.63, 3.8) is 0 Å². The van der Waals surface area contributed by atoms with Gasteiger partial charge in [0.1, 0.15) is 15.7 Å². The van der Waals surface area contributed by atoms with Gasteiger partial charge in [0.15, 0.2) is 0 Å². The highest BCUT2D eigenvalue weighted by Crippen LogP contribution is 2.21. The number of hydrogen-bond acceptors (Lipinski definition) is 3. The zero-order valence-electron chi connectivity index (χ0n) is 10.5. The molecule has 1 aromatic heterocycles. The minimum atomic E-state index is -2.96. The fourth-order valence-corrected chi connectivity index (χ4v) is 2.35. The van der Waals surface area contributed by atoms with Crippen LogP contribution in [0, 0.1) is 6.92 Å². The van der Waals surface area contributed by atoms with Gasteiger partial charge in [-0.05, 0) is 12.5 Å². The second-order valence-corrected chi connectivity index (χ2v) is 6.65. The van der Waals surface area contributed by atoms with Crippen molar-refractivity contribution >= 4 is 9.84 Å². The van der Waals surface area contributed by atoms with E-state index in [4.69, 9.17) is 0 Å². The minimum absolute atomic E-state index is 0.127. The van der Waals surface area contributed by atoms with Crippen LogP contribution in [0.1, 0.15) is 5.56 Å². The molecule has 2 rings (SSSR count). The van der Waals surface area contributed by atoms with Crippen LogP contribution in [0.15, 0.2) is 36.7 Å². The van der Waals surface area contributed by atoms with Gasteiger partial charge in [0.25, 0.3) is 0 Å². The molecule has 0 N–H and O–H groups in total. The van der Waals surface area contributed by atoms with E-state index < -0.39 is 9.84 Å². The average molecular weight is 264 g/mol. The molecular weight excluding hydrogens is 248 g/mol. The van der Waals surface area contributed by atoms with Crippen molar-refractivity contribution in [2.45, 2.75) is 13.5 Å². The van der Waals surface area contributed by atoms with E-state index in [9.17, 15) is 8.42 Å². The summed E-state index contributed by atoms with van der Waals surface area (Å²) in [6, 6.07) is 7.94. The van der Waals surface area contributed by atoms with Crippen molar-refractivity contribution in [2.24, 2.45) is 0 Å². The van der Waals surface area contributed by atoms with E-state index in [1.54, 1.807) is 6.20 Å². The highest BCUT2D eigenvalue weighted by atomic mass is 32.2. The molecule has 0 fully saturated rings. The fourth-order valence-electron chi connectivity index (χ4n) is 1.82. The van der Waals surface area contributed by atoms with Gasteiger partial charge in [-0.3, -0.25) is 0 Å². The molecule has 0 spiro atoms. The van der Waals surface area contributed by atoms with Gasteiger partial charge in [-0.25, -0.2) is 13.4 Å². The fraction of sp³-hybridized carbons (Fsp3) is 0.308. The third-order valence-electron chi connectivity index (χ3n) is 2.80. The van der Waals surface area contributed by atoms with Crippen molar-refractivity contribution in [3.05, 3.63) is 42.2 Å². The van der Waals surface area contributed by atoms with Crippen LogP contribution in [0.25, 0.3) is 11.4 Å². The van der Waals surface area contributed by atoms with E-state index in [-0.39, 0.29) is 5.75 Å². The summed E-state index contributed by atoms with van der Waals surface area (Å²) in [7, 11) is -2.96. The van der Waals surface area contributed by atoms with Crippen LogP contribution >= 0.6 is 0 Å². The molecule has 0 aliphatic rings. The smallest absolute Gasteiger partial charge is 0.149 e. The summed E-state index contributed by atoms with van der Waals surface area (Å²) >= 11 is 0. The number of sulfone groups is 1. The Balaban J connectivity index is 2.31. The monoisotopic (exact) mass is 264 g/mol. The van der Waals surface area contributed by atoms with Gasteiger partial charge in [-0.15, -0.1) is 0 Å². The van der Waals surface area contributed by atoms with E-state index in [0.717, 1.165) is 17.0 Å². The first kappa shape index (κ1) is 12.8. The summed E-state index contributed by atoms with van der Waals surface area (Å²) in [5.41, 5.74) is 2.17. The largest absolute Gasteiger partial charge is 0.330 e. The third-order valence-corrected chi connectivity index (χ3v) is 3.73. The van der Waals surface area contributed by atoms with Crippen LogP contribution in [-0.4, -0.2) is 30.0 Å². The van der Waals surface area contributed by atoms with Gasteiger partial charge in [0, 0.05) is 30.8 Å². The molecule has 5 heteroatoms. The van der Waals surface area contributed by atoms with E-state index >= 15 is 0 Å². The van der Waals surface area contributed by atoms with Crippen molar-refractivity contribution in [3.8, 4) is 11.4 Å². The summed E-state index contributed by atoms with van der Waals surface area (Å²) < 4.78 is 24.3. The SMILES string of the molecule is Cc1ccccc1-c1nccn1CCS(C)(=O)=O. The first-order valence-corrected chi connectivity index (χ1v) is 7.78. The van der Waals surface area contributed by atoms with E-state index in [2.05, 4.69) is 4.98 Å². The van der Waals surface area contributed by atoms with Gasteiger partial charge in [0.2, 0.25) is 0 Å². The Morgan fingerprint density at radius 2 is 2.00 bits per heavy atom. The lowest BCUT2D eigenvalue weighted by atomic mass is 10.1. The molecule has 0 bridgehead atoms. The quantitative estimate of drug-likeness (QED) is 0.847. The van der Waals surface area contributed by atoms with E-state index in [0.29, 0.717) is 6.54 Å². The maximum absolute atomic E-state index is 11.2. The number of nitrogens with zero attached hydrogens (tertiary/aromatic N) is 2. The van der Waals surface area contributed by atoms with Crippen LogP contribution < -0.4 is 0 Å². The average Bonchev–Trinajstić information content (AvgIpc) is 2.74. The summed E-state index contributed by atoms with van der Waals surface area (Å²) in [5, 5.41) is 0. The second kappa shape index (κ2) is 4.94. The molecular formula is C13H16N2O2S. The van der Waals surface area contributed by atoms with Gasteiger partial charge < -0.3 is 4.57 Å². The molecule has 0 radical (unpaired) electrons. The van der Waals surface area contributed by atoms with Crippen molar-refractivity contribution < 1.29 is 8.42 Å². The number of hydrogen-bond donors (Lipinski definition) is 0. The minimum Gasteiger partial charge on any atom is -0.330 e. The van der Waals surface area contributed by atoms with Gasteiger partial charge >= 0.3 is 0 Å². The van der Waals surface area contributed by atoms with Crippen LogP contribution in [0.4, 0.5) is 0 Å². The zero-order chi connectivity index (χ0) is 13.2. The molecule has 0 aliphatic carbocycles. The van der Waals surface area contributed by atoms with Crippen LogP contribution in [-0.2, 0) is 16.4 Å². The topological polar surface area (TPSA) is 52.0 Å². The van der Waals surface area contributed by atoms with Gasteiger partial charge in [-0.2, -0.15) is 0 Å². The van der Waals surface area contributed by atoms with Gasteiger partial charge in [0.05, 0.1) is 5.75 Å². The number of imidazole rings is 1. The molecule has 2 aromatic rings. The zero-order valence-corrected chi connectivity index (χ0v) is 11.3. The Bertz CT molecular complexity index is 645. The molecule has 1 aromatic carbocycles. The molecule has 96 valence electrons. The Morgan fingerprint density at radius 3 is 2.67 bits per heavy atom. The first-order valence-electron chi connectivity index (χ1n) is 5.72. The summed E-state index contributed by atoms with van der Waals surface area (Å²) in [5.74, 6) is 0.944. The highest BCUT2D eigenvalue weighted by Gasteiger charge is 2.10. The molecule has 0 unspecified atom stereocenters.